The third-order valence-electron chi connectivity index (χ3n) is 4.70. The van der Waals surface area contributed by atoms with Gasteiger partial charge in [-0.15, -0.1) is 0 Å². The van der Waals surface area contributed by atoms with Gasteiger partial charge in [0, 0.05) is 17.7 Å². The van der Waals surface area contributed by atoms with Crippen LogP contribution in [0.15, 0.2) is 48.5 Å². The molecule has 4 aromatic rings. The summed E-state index contributed by atoms with van der Waals surface area (Å²) in [5, 5.41) is 8.02. The molecule has 0 bridgehead atoms. The number of nitrogens with zero attached hydrogens (tertiary/aromatic N) is 3. The van der Waals surface area contributed by atoms with Crippen LogP contribution in [0.5, 0.6) is 17.2 Å². The highest BCUT2D eigenvalue weighted by Gasteiger charge is 2.14. The lowest BCUT2D eigenvalue weighted by molar-refractivity contribution is -0.111. The van der Waals surface area contributed by atoms with Gasteiger partial charge in [-0.25, -0.2) is 4.98 Å². The molecular weight excluding hydrogens is 428 g/mol. The molecule has 0 saturated heterocycles. The number of ether oxygens (including phenoxy) is 3. The van der Waals surface area contributed by atoms with Crippen LogP contribution in [0.4, 0.5) is 5.82 Å². The fourth-order valence-electron chi connectivity index (χ4n) is 3.15. The number of nitrogens with one attached hydrogen (secondary N) is 1. The smallest absolute Gasteiger partial charge is 0.249 e. The normalized spacial score (nSPS) is 11.1. The van der Waals surface area contributed by atoms with E-state index >= 15 is 0 Å². The lowest BCUT2D eigenvalue weighted by Gasteiger charge is -2.07. The van der Waals surface area contributed by atoms with E-state index in [-0.39, 0.29) is 5.91 Å². The molecule has 1 N–H and O–H groups in total. The van der Waals surface area contributed by atoms with Crippen LogP contribution in [0.1, 0.15) is 11.3 Å². The zero-order valence-electron chi connectivity index (χ0n) is 18.1. The van der Waals surface area contributed by atoms with Crippen LogP contribution >= 0.6 is 11.3 Å². The summed E-state index contributed by atoms with van der Waals surface area (Å²) in [6.45, 7) is 1.86. The van der Waals surface area contributed by atoms with E-state index < -0.39 is 0 Å². The van der Waals surface area contributed by atoms with E-state index in [1.165, 1.54) is 17.4 Å². The third-order valence-corrected chi connectivity index (χ3v) is 5.69. The van der Waals surface area contributed by atoms with E-state index in [1.54, 1.807) is 56.4 Å². The quantitative estimate of drug-likeness (QED) is 0.418. The first kappa shape index (κ1) is 21.4. The zero-order chi connectivity index (χ0) is 22.7. The number of aryl methyl sites for hydroxylation is 1. The second-order valence-corrected chi connectivity index (χ2v) is 7.85. The van der Waals surface area contributed by atoms with Crippen LogP contribution in [0, 0.1) is 6.92 Å². The predicted molar refractivity (Wildman–Crippen MR) is 125 cm³/mol. The third kappa shape index (κ3) is 4.42. The molecule has 2 aromatic carbocycles. The summed E-state index contributed by atoms with van der Waals surface area (Å²) in [5.41, 5.74) is 2.32. The molecule has 0 spiro atoms. The first-order valence-corrected chi connectivity index (χ1v) is 10.5. The Hall–Kier alpha value is -3.85. The number of methoxy groups -OCH3 is 3. The van der Waals surface area contributed by atoms with Crippen molar-refractivity contribution in [2.75, 3.05) is 26.6 Å². The summed E-state index contributed by atoms with van der Waals surface area (Å²) < 4.78 is 18.5. The summed E-state index contributed by atoms with van der Waals surface area (Å²) in [7, 11) is 4.79. The molecule has 2 aromatic heterocycles. The summed E-state index contributed by atoms with van der Waals surface area (Å²) >= 11 is 1.46. The number of carbonyl (C=O) groups is 1. The maximum absolute atomic E-state index is 12.6. The van der Waals surface area contributed by atoms with Gasteiger partial charge in [-0.3, -0.25) is 4.79 Å². The van der Waals surface area contributed by atoms with Gasteiger partial charge in [0.25, 0.3) is 0 Å². The van der Waals surface area contributed by atoms with Crippen molar-refractivity contribution in [1.82, 2.24) is 14.8 Å². The summed E-state index contributed by atoms with van der Waals surface area (Å²) in [5.74, 6) is 2.29. The van der Waals surface area contributed by atoms with Crippen molar-refractivity contribution < 1.29 is 19.0 Å². The Morgan fingerprint density at radius 2 is 1.78 bits per heavy atom. The molecule has 32 heavy (non-hydrogen) atoms. The maximum Gasteiger partial charge on any atom is 0.249 e. The highest BCUT2D eigenvalue weighted by atomic mass is 32.1. The molecule has 2 heterocycles. The van der Waals surface area contributed by atoms with Gasteiger partial charge >= 0.3 is 0 Å². The van der Waals surface area contributed by atoms with Crippen LogP contribution < -0.4 is 19.5 Å². The van der Waals surface area contributed by atoms with Crippen molar-refractivity contribution >= 4 is 39.4 Å². The average molecular weight is 451 g/mol. The van der Waals surface area contributed by atoms with Gasteiger partial charge in [0.2, 0.25) is 11.0 Å². The molecular formula is C23H22N4O4S. The van der Waals surface area contributed by atoms with Crippen molar-refractivity contribution in [1.29, 1.82) is 0 Å². The van der Waals surface area contributed by atoms with E-state index in [0.29, 0.717) is 22.4 Å². The van der Waals surface area contributed by atoms with Gasteiger partial charge in [0.1, 0.15) is 23.1 Å². The van der Waals surface area contributed by atoms with Crippen molar-refractivity contribution in [3.8, 4) is 22.4 Å². The Labute approximate surface area is 189 Å². The second kappa shape index (κ2) is 9.11. The predicted octanol–water partition coefficient (Wildman–Crippen LogP) is 4.47. The van der Waals surface area contributed by atoms with Gasteiger partial charge in [-0.1, -0.05) is 11.3 Å². The number of anilines is 1. The molecule has 0 fully saturated rings. The number of carbonyl (C=O) groups excluding carboxylic acids is 1. The van der Waals surface area contributed by atoms with E-state index in [2.05, 4.69) is 15.4 Å². The maximum atomic E-state index is 12.6. The number of rotatable bonds is 7. The lowest BCUT2D eigenvalue weighted by Crippen LogP contribution is -2.12. The van der Waals surface area contributed by atoms with Crippen LogP contribution in [-0.4, -0.2) is 42.0 Å². The van der Waals surface area contributed by atoms with Crippen molar-refractivity contribution in [2.24, 2.45) is 0 Å². The molecule has 164 valence electrons. The minimum absolute atomic E-state index is 0.307. The Balaban J connectivity index is 1.59. The summed E-state index contributed by atoms with van der Waals surface area (Å²) in [4.78, 5) is 17.3. The first-order valence-electron chi connectivity index (χ1n) is 9.73. The number of aromatic nitrogens is 3. The van der Waals surface area contributed by atoms with E-state index in [0.717, 1.165) is 27.2 Å². The van der Waals surface area contributed by atoms with Gasteiger partial charge < -0.3 is 19.5 Å². The Morgan fingerprint density at radius 3 is 2.53 bits per heavy atom. The number of hydrogen-bond acceptors (Lipinski definition) is 7. The Bertz CT molecular complexity index is 1310. The fourth-order valence-corrected chi connectivity index (χ4v) is 4.11. The number of fused-ring (bicyclic) bond motifs is 1. The second-order valence-electron chi connectivity index (χ2n) is 6.84. The fraction of sp³-hybridized carbons (Fsp3) is 0.174. The number of amides is 1. The lowest BCUT2D eigenvalue weighted by atomic mass is 10.1. The standard InChI is InChI=1S/C23H22N4O4S/c1-14-11-21(25-22(28)10-5-15-12-16(29-2)7-9-19(15)31-4)27(26-14)23-24-18-8-6-17(30-3)13-20(18)32-23/h5-13H,1-4H3,(H,25,28)/b10-5+. The van der Waals surface area contributed by atoms with Gasteiger partial charge in [-0.2, -0.15) is 9.78 Å². The average Bonchev–Trinajstić information content (AvgIpc) is 3.39. The van der Waals surface area contributed by atoms with Crippen LogP contribution in [-0.2, 0) is 4.79 Å². The SMILES string of the molecule is COc1ccc(OC)c(/C=C/C(=O)Nc2cc(C)nn2-c2nc3ccc(OC)cc3s2)c1. The highest BCUT2D eigenvalue weighted by molar-refractivity contribution is 7.20. The summed E-state index contributed by atoms with van der Waals surface area (Å²) in [6, 6.07) is 12.9. The van der Waals surface area contributed by atoms with Crippen LogP contribution in [0.2, 0.25) is 0 Å². The molecule has 8 nitrogen and oxygen atoms in total. The molecule has 0 atom stereocenters. The van der Waals surface area contributed by atoms with Crippen LogP contribution in [0.3, 0.4) is 0 Å². The first-order chi connectivity index (χ1) is 15.5. The van der Waals surface area contributed by atoms with E-state index in [1.807, 2.05) is 25.1 Å². The monoisotopic (exact) mass is 450 g/mol. The Morgan fingerprint density at radius 1 is 1.03 bits per heavy atom. The topological polar surface area (TPSA) is 87.5 Å². The van der Waals surface area contributed by atoms with Crippen molar-refractivity contribution in [3.63, 3.8) is 0 Å². The van der Waals surface area contributed by atoms with E-state index in [4.69, 9.17) is 14.2 Å². The minimum Gasteiger partial charge on any atom is -0.497 e. The zero-order valence-corrected chi connectivity index (χ0v) is 18.9. The highest BCUT2D eigenvalue weighted by Crippen LogP contribution is 2.30. The van der Waals surface area contributed by atoms with Gasteiger partial charge in [-0.05, 0) is 49.4 Å². The number of benzene rings is 2. The van der Waals surface area contributed by atoms with E-state index in [9.17, 15) is 4.79 Å². The largest absolute Gasteiger partial charge is 0.497 e. The molecule has 0 saturated carbocycles. The summed E-state index contributed by atoms with van der Waals surface area (Å²) in [6.07, 6.45) is 3.11. The molecule has 0 aliphatic heterocycles. The van der Waals surface area contributed by atoms with Crippen molar-refractivity contribution in [2.45, 2.75) is 6.92 Å². The van der Waals surface area contributed by atoms with Gasteiger partial charge in [0.05, 0.1) is 37.2 Å². The minimum atomic E-state index is -0.307. The molecule has 0 aliphatic carbocycles. The van der Waals surface area contributed by atoms with Gasteiger partial charge in [0.15, 0.2) is 0 Å². The van der Waals surface area contributed by atoms with Crippen molar-refractivity contribution in [3.05, 3.63) is 59.8 Å². The molecule has 0 unspecified atom stereocenters. The molecule has 4 rings (SSSR count). The number of hydrogen-bond donors (Lipinski definition) is 1. The molecule has 0 aliphatic rings. The van der Waals surface area contributed by atoms with Crippen LogP contribution in [0.25, 0.3) is 21.4 Å². The molecule has 1 amide bonds. The number of thiazole rings is 1. The molecule has 0 radical (unpaired) electrons. The Kier molecular flexibility index (Phi) is 6.09. The molecule has 9 heteroatoms.